The molecule has 3 rings (SSSR count). The SMILES string of the molecule is C[C@H]1CSC(N(C(=O)Nc2ccc(Cl)c(Cl)c2)c2ccc(Cl)cc2)=N1. The molecule has 8 heteroatoms. The second-order valence-electron chi connectivity index (χ2n) is 5.44. The Kier molecular flexibility index (Phi) is 5.79. The number of hydrogen-bond donors (Lipinski definition) is 1. The van der Waals surface area contributed by atoms with Gasteiger partial charge in [0.1, 0.15) is 0 Å². The lowest BCUT2D eigenvalue weighted by molar-refractivity contribution is 0.259. The summed E-state index contributed by atoms with van der Waals surface area (Å²) in [6, 6.07) is 11.8. The molecule has 0 bridgehead atoms. The van der Waals surface area contributed by atoms with Crippen LogP contribution in [0.25, 0.3) is 0 Å². The third-order valence-electron chi connectivity index (χ3n) is 3.43. The van der Waals surface area contributed by atoms with Crippen molar-refractivity contribution < 1.29 is 4.79 Å². The van der Waals surface area contributed by atoms with E-state index in [4.69, 9.17) is 34.8 Å². The van der Waals surface area contributed by atoms with E-state index >= 15 is 0 Å². The molecule has 0 spiro atoms. The summed E-state index contributed by atoms with van der Waals surface area (Å²) in [5.41, 5.74) is 1.23. The highest BCUT2D eigenvalue weighted by molar-refractivity contribution is 8.14. The van der Waals surface area contributed by atoms with E-state index in [1.807, 2.05) is 6.92 Å². The second-order valence-corrected chi connectivity index (χ2v) is 7.68. The van der Waals surface area contributed by atoms with Crippen LogP contribution < -0.4 is 10.2 Å². The maximum atomic E-state index is 12.9. The van der Waals surface area contributed by atoms with Gasteiger partial charge in [0.25, 0.3) is 0 Å². The van der Waals surface area contributed by atoms with E-state index in [9.17, 15) is 4.79 Å². The maximum absolute atomic E-state index is 12.9. The van der Waals surface area contributed by atoms with Gasteiger partial charge < -0.3 is 5.32 Å². The molecule has 130 valence electrons. The number of halogens is 3. The number of carbonyl (C=O) groups excluding carboxylic acids is 1. The summed E-state index contributed by atoms with van der Waals surface area (Å²) in [5, 5.41) is 4.88. The fourth-order valence-electron chi connectivity index (χ4n) is 2.24. The highest BCUT2D eigenvalue weighted by Crippen LogP contribution is 2.29. The minimum Gasteiger partial charge on any atom is -0.307 e. The standard InChI is InChI=1S/C17H14Cl3N3OS/c1-10-9-25-17(21-10)23(13-5-2-11(18)3-6-13)16(24)22-12-4-7-14(19)15(20)8-12/h2-8,10H,9H2,1H3,(H,22,24)/t10-/m0/s1. The van der Waals surface area contributed by atoms with Crippen LogP contribution in [0.4, 0.5) is 16.2 Å². The molecule has 0 saturated carbocycles. The number of thioether (sulfide) groups is 1. The monoisotopic (exact) mass is 413 g/mol. The smallest absolute Gasteiger partial charge is 0.307 e. The van der Waals surface area contributed by atoms with Crippen LogP contribution in [0.3, 0.4) is 0 Å². The number of nitrogens with zero attached hydrogens (tertiary/aromatic N) is 2. The number of benzene rings is 2. The highest BCUT2D eigenvalue weighted by atomic mass is 35.5. The lowest BCUT2D eigenvalue weighted by atomic mass is 10.3. The molecule has 1 N–H and O–H groups in total. The lowest BCUT2D eigenvalue weighted by Crippen LogP contribution is -2.38. The molecule has 25 heavy (non-hydrogen) atoms. The third-order valence-corrected chi connectivity index (χ3v) is 5.62. The fourth-order valence-corrected chi connectivity index (χ4v) is 3.70. The molecule has 0 radical (unpaired) electrons. The molecular formula is C17H14Cl3N3OS. The zero-order valence-electron chi connectivity index (χ0n) is 13.2. The molecule has 4 nitrogen and oxygen atoms in total. The Morgan fingerprint density at radius 2 is 1.88 bits per heavy atom. The minimum absolute atomic E-state index is 0.160. The van der Waals surface area contributed by atoms with Crippen molar-refractivity contribution in [1.29, 1.82) is 0 Å². The van der Waals surface area contributed by atoms with Gasteiger partial charge in [-0.25, -0.2) is 9.69 Å². The van der Waals surface area contributed by atoms with Gasteiger partial charge in [-0.2, -0.15) is 0 Å². The topological polar surface area (TPSA) is 44.7 Å². The summed E-state index contributed by atoms with van der Waals surface area (Å²) in [6.45, 7) is 2.01. The molecule has 2 aromatic carbocycles. The number of urea groups is 1. The average molecular weight is 415 g/mol. The van der Waals surface area contributed by atoms with Crippen LogP contribution in [-0.2, 0) is 0 Å². The quantitative estimate of drug-likeness (QED) is 0.638. The Balaban J connectivity index is 1.90. The zero-order chi connectivity index (χ0) is 18.0. The van der Waals surface area contributed by atoms with E-state index < -0.39 is 0 Å². The van der Waals surface area contributed by atoms with Crippen LogP contribution in [0.2, 0.25) is 15.1 Å². The van der Waals surface area contributed by atoms with Gasteiger partial charge in [0, 0.05) is 16.5 Å². The summed E-state index contributed by atoms with van der Waals surface area (Å²) in [6.07, 6.45) is 0. The predicted molar refractivity (Wildman–Crippen MR) is 109 cm³/mol. The number of rotatable bonds is 2. The summed E-state index contributed by atoms with van der Waals surface area (Å²) in [5.74, 6) is 0.833. The molecule has 1 heterocycles. The Hall–Kier alpha value is -1.40. The first-order valence-corrected chi connectivity index (χ1v) is 9.58. The summed E-state index contributed by atoms with van der Waals surface area (Å²) < 4.78 is 0. The molecule has 0 unspecified atom stereocenters. The molecule has 1 aliphatic heterocycles. The molecule has 0 fully saturated rings. The molecule has 0 aliphatic carbocycles. The van der Waals surface area contributed by atoms with Crippen LogP contribution in [0.1, 0.15) is 6.92 Å². The first-order valence-electron chi connectivity index (χ1n) is 7.46. The first kappa shape index (κ1) is 18.4. The third kappa shape index (κ3) is 4.42. The van der Waals surface area contributed by atoms with Gasteiger partial charge in [0.2, 0.25) is 0 Å². The van der Waals surface area contributed by atoms with Gasteiger partial charge in [-0.1, -0.05) is 46.6 Å². The van der Waals surface area contributed by atoms with E-state index in [0.717, 1.165) is 5.75 Å². The van der Waals surface area contributed by atoms with Gasteiger partial charge in [-0.15, -0.1) is 0 Å². The Morgan fingerprint density at radius 1 is 1.16 bits per heavy atom. The van der Waals surface area contributed by atoms with Crippen molar-refractivity contribution in [2.24, 2.45) is 4.99 Å². The molecule has 1 atom stereocenters. The molecule has 2 amide bonds. The number of amides is 2. The van der Waals surface area contributed by atoms with E-state index in [1.54, 1.807) is 42.5 Å². The number of amidine groups is 1. The lowest BCUT2D eigenvalue weighted by Gasteiger charge is -2.22. The van der Waals surface area contributed by atoms with E-state index in [1.165, 1.54) is 16.7 Å². The van der Waals surface area contributed by atoms with Crippen molar-refractivity contribution in [2.45, 2.75) is 13.0 Å². The average Bonchev–Trinajstić information content (AvgIpc) is 2.99. The van der Waals surface area contributed by atoms with Crippen LogP contribution in [0.15, 0.2) is 47.5 Å². The van der Waals surface area contributed by atoms with Gasteiger partial charge in [-0.3, -0.25) is 4.99 Å². The summed E-state index contributed by atoms with van der Waals surface area (Å²) in [7, 11) is 0. The largest absolute Gasteiger partial charge is 0.332 e. The van der Waals surface area contributed by atoms with Crippen LogP contribution in [-0.4, -0.2) is 23.0 Å². The minimum atomic E-state index is -0.332. The number of nitrogens with one attached hydrogen (secondary N) is 1. The van der Waals surface area contributed by atoms with Crippen molar-refractivity contribution >= 4 is 69.1 Å². The Morgan fingerprint density at radius 3 is 2.48 bits per heavy atom. The van der Waals surface area contributed by atoms with Crippen molar-refractivity contribution in [3.05, 3.63) is 57.5 Å². The van der Waals surface area contributed by atoms with Crippen molar-refractivity contribution in [3.63, 3.8) is 0 Å². The molecular weight excluding hydrogens is 401 g/mol. The molecule has 0 saturated heterocycles. The normalized spacial score (nSPS) is 16.5. The Bertz CT molecular complexity index is 826. The number of anilines is 2. The predicted octanol–water partition coefficient (Wildman–Crippen LogP) is 6.18. The van der Waals surface area contributed by atoms with E-state index in [0.29, 0.717) is 31.6 Å². The van der Waals surface area contributed by atoms with Crippen LogP contribution in [0, 0.1) is 0 Å². The van der Waals surface area contributed by atoms with Gasteiger partial charge in [0.15, 0.2) is 5.17 Å². The molecule has 0 aromatic heterocycles. The van der Waals surface area contributed by atoms with Gasteiger partial charge in [0.05, 0.1) is 21.8 Å². The summed E-state index contributed by atoms with van der Waals surface area (Å²) >= 11 is 19.4. The van der Waals surface area contributed by atoms with E-state index in [2.05, 4.69) is 10.3 Å². The maximum Gasteiger partial charge on any atom is 0.332 e. The van der Waals surface area contributed by atoms with Gasteiger partial charge >= 0.3 is 6.03 Å². The number of carbonyl (C=O) groups is 1. The number of hydrogen-bond acceptors (Lipinski definition) is 3. The number of aliphatic imine (C=N–C) groups is 1. The second kappa shape index (κ2) is 7.87. The van der Waals surface area contributed by atoms with Crippen LogP contribution >= 0.6 is 46.6 Å². The van der Waals surface area contributed by atoms with E-state index in [-0.39, 0.29) is 12.1 Å². The van der Waals surface area contributed by atoms with Crippen molar-refractivity contribution in [2.75, 3.05) is 16.0 Å². The van der Waals surface area contributed by atoms with Crippen molar-refractivity contribution in [3.8, 4) is 0 Å². The highest BCUT2D eigenvalue weighted by Gasteiger charge is 2.27. The first-order chi connectivity index (χ1) is 11.9. The van der Waals surface area contributed by atoms with Gasteiger partial charge in [-0.05, 0) is 49.4 Å². The van der Waals surface area contributed by atoms with Crippen LogP contribution in [0.5, 0.6) is 0 Å². The zero-order valence-corrected chi connectivity index (χ0v) is 16.3. The summed E-state index contributed by atoms with van der Waals surface area (Å²) in [4.78, 5) is 19.0. The van der Waals surface area contributed by atoms with Crippen molar-refractivity contribution in [1.82, 2.24) is 0 Å². The molecule has 1 aliphatic rings. The Labute approximate surface area is 165 Å². The molecule has 2 aromatic rings. The fraction of sp³-hybridized carbons (Fsp3) is 0.176.